The highest BCUT2D eigenvalue weighted by Gasteiger charge is 2.33. The maximum absolute atomic E-state index is 12.9. The zero-order chi connectivity index (χ0) is 22.5. The summed E-state index contributed by atoms with van der Waals surface area (Å²) in [6, 6.07) is 14.5. The Hall–Kier alpha value is -3.21. The van der Waals surface area contributed by atoms with Crippen molar-refractivity contribution in [3.05, 3.63) is 70.6 Å². The zero-order valence-electron chi connectivity index (χ0n) is 16.8. The number of nitrogens with one attached hydrogen (secondary N) is 1. The van der Waals surface area contributed by atoms with E-state index in [2.05, 4.69) is 10.3 Å². The van der Waals surface area contributed by atoms with Crippen LogP contribution in [0.2, 0.25) is 0 Å². The smallest absolute Gasteiger partial charge is 0.270 e. The van der Waals surface area contributed by atoms with E-state index in [9.17, 15) is 9.59 Å². The third-order valence-electron chi connectivity index (χ3n) is 4.33. The largest absolute Gasteiger partial charge is 0.493 e. The van der Waals surface area contributed by atoms with E-state index in [1.165, 1.54) is 35.1 Å². The highest BCUT2D eigenvalue weighted by molar-refractivity contribution is 8.27. The van der Waals surface area contributed by atoms with E-state index in [0.717, 1.165) is 11.3 Å². The molecule has 1 aliphatic heterocycles. The van der Waals surface area contributed by atoms with Crippen molar-refractivity contribution >= 4 is 68.3 Å². The molecule has 1 N–H and O–H groups in total. The van der Waals surface area contributed by atoms with Crippen molar-refractivity contribution in [2.75, 3.05) is 23.9 Å². The summed E-state index contributed by atoms with van der Waals surface area (Å²) in [5.41, 5.74) is 1.48. The Morgan fingerprint density at radius 1 is 1.22 bits per heavy atom. The molecule has 0 saturated carbocycles. The molecule has 0 spiro atoms. The number of para-hydroxylation sites is 1. The highest BCUT2D eigenvalue weighted by atomic mass is 32.2. The number of carbonyl (C=O) groups excluding carboxylic acids is 2. The molecule has 0 bridgehead atoms. The summed E-state index contributed by atoms with van der Waals surface area (Å²) in [7, 11) is 1.51. The van der Waals surface area contributed by atoms with Crippen molar-refractivity contribution in [1.82, 2.24) is 4.98 Å². The summed E-state index contributed by atoms with van der Waals surface area (Å²) in [5.74, 6) is 0.357. The second-order valence-corrected chi connectivity index (χ2v) is 9.01. The molecule has 162 valence electrons. The third kappa shape index (κ3) is 4.98. The number of hydrogen-bond donors (Lipinski definition) is 1. The predicted octanol–water partition coefficient (Wildman–Crippen LogP) is 4.58. The van der Waals surface area contributed by atoms with Crippen LogP contribution < -0.4 is 19.7 Å². The summed E-state index contributed by atoms with van der Waals surface area (Å²) < 4.78 is 11.5. The number of benzene rings is 2. The molecule has 2 heterocycles. The molecule has 1 fully saturated rings. The van der Waals surface area contributed by atoms with Gasteiger partial charge in [0.1, 0.15) is 0 Å². The first kappa shape index (κ1) is 22.0. The van der Waals surface area contributed by atoms with Gasteiger partial charge in [-0.1, -0.05) is 48.2 Å². The van der Waals surface area contributed by atoms with E-state index < -0.39 is 0 Å². The summed E-state index contributed by atoms with van der Waals surface area (Å²) in [5, 5.41) is 4.93. The number of ether oxygens (including phenoxy) is 2. The number of thiocarbonyl (C=S) groups is 1. The average molecular weight is 484 g/mol. The maximum atomic E-state index is 12.9. The van der Waals surface area contributed by atoms with Crippen LogP contribution in [0.1, 0.15) is 5.56 Å². The normalized spacial score (nSPS) is 14.7. The molecule has 0 unspecified atom stereocenters. The molecule has 7 nitrogen and oxygen atoms in total. The highest BCUT2D eigenvalue weighted by Crippen LogP contribution is 2.37. The molecule has 4 rings (SSSR count). The van der Waals surface area contributed by atoms with Crippen LogP contribution in [-0.4, -0.2) is 34.8 Å². The third-order valence-corrected chi connectivity index (χ3v) is 6.32. The van der Waals surface area contributed by atoms with Crippen LogP contribution in [0.25, 0.3) is 6.08 Å². The summed E-state index contributed by atoms with van der Waals surface area (Å²) in [6.07, 6.45) is 3.36. The Morgan fingerprint density at radius 3 is 2.75 bits per heavy atom. The number of aromatic nitrogens is 1. The van der Waals surface area contributed by atoms with Crippen molar-refractivity contribution < 1.29 is 19.1 Å². The second-order valence-electron chi connectivity index (χ2n) is 6.44. The van der Waals surface area contributed by atoms with Crippen molar-refractivity contribution in [1.29, 1.82) is 0 Å². The van der Waals surface area contributed by atoms with Crippen LogP contribution >= 0.6 is 35.3 Å². The number of anilines is 2. The number of nitrogens with zero attached hydrogens (tertiary/aromatic N) is 2. The first-order valence-electron chi connectivity index (χ1n) is 9.38. The fourth-order valence-electron chi connectivity index (χ4n) is 2.90. The molecule has 2 amide bonds. The number of amides is 2. The molecule has 1 saturated heterocycles. The Bertz CT molecular complexity index is 1180. The number of thiazole rings is 1. The van der Waals surface area contributed by atoms with Crippen LogP contribution in [0.15, 0.2) is 65.0 Å². The fraction of sp³-hybridized carbons (Fsp3) is 0.0909. The molecular formula is C22H17N3O4S3. The molecule has 1 aromatic heterocycles. The van der Waals surface area contributed by atoms with E-state index in [0.29, 0.717) is 25.9 Å². The van der Waals surface area contributed by atoms with Crippen molar-refractivity contribution in [2.45, 2.75) is 0 Å². The van der Waals surface area contributed by atoms with Gasteiger partial charge >= 0.3 is 0 Å². The minimum atomic E-state index is -0.323. The Morgan fingerprint density at radius 2 is 2.03 bits per heavy atom. The summed E-state index contributed by atoms with van der Waals surface area (Å²) in [6.45, 7) is -0.189. The molecule has 0 atom stereocenters. The van der Waals surface area contributed by atoms with Gasteiger partial charge < -0.3 is 9.47 Å². The first-order chi connectivity index (χ1) is 15.5. The first-order valence-corrected chi connectivity index (χ1v) is 11.5. The second kappa shape index (κ2) is 9.94. The topological polar surface area (TPSA) is 80.8 Å². The number of methoxy groups -OCH3 is 1. The van der Waals surface area contributed by atoms with Gasteiger partial charge in [-0.15, -0.1) is 11.3 Å². The summed E-state index contributed by atoms with van der Waals surface area (Å²) >= 11 is 7.97. The van der Waals surface area contributed by atoms with Gasteiger partial charge in [-0.25, -0.2) is 4.98 Å². The summed E-state index contributed by atoms with van der Waals surface area (Å²) in [4.78, 5) is 30.9. The van der Waals surface area contributed by atoms with Crippen molar-refractivity contribution in [3.8, 4) is 11.5 Å². The van der Waals surface area contributed by atoms with E-state index in [1.54, 1.807) is 35.9 Å². The van der Waals surface area contributed by atoms with Crippen molar-refractivity contribution in [2.24, 2.45) is 0 Å². The molecule has 2 aromatic carbocycles. The minimum absolute atomic E-state index is 0.177. The van der Waals surface area contributed by atoms with Crippen LogP contribution in [0.3, 0.4) is 0 Å². The molecule has 10 heteroatoms. The van der Waals surface area contributed by atoms with Crippen LogP contribution in [-0.2, 0) is 9.59 Å². The minimum Gasteiger partial charge on any atom is -0.493 e. The van der Waals surface area contributed by atoms with Crippen molar-refractivity contribution in [3.63, 3.8) is 0 Å². The number of rotatable bonds is 7. The maximum Gasteiger partial charge on any atom is 0.270 e. The van der Waals surface area contributed by atoms with Gasteiger partial charge in [0.25, 0.3) is 11.8 Å². The average Bonchev–Trinajstić information content (AvgIpc) is 3.40. The van der Waals surface area contributed by atoms with Gasteiger partial charge in [0.2, 0.25) is 0 Å². The fourth-order valence-corrected chi connectivity index (χ4v) is 4.74. The Labute approximate surface area is 198 Å². The number of carbonyl (C=O) groups is 2. The standard InChI is InChI=1S/C22H17N3O4S3/c1-28-17-11-14(7-8-16(17)29-13-19(26)24-21-23-9-10-31-21)12-18-20(27)25(22(30)32-18)15-5-3-2-4-6-15/h2-12H,13H2,1H3,(H,23,24,26). The molecule has 1 aliphatic rings. The molecule has 3 aromatic rings. The van der Waals surface area contributed by atoms with E-state index in [4.69, 9.17) is 21.7 Å². The molecule has 32 heavy (non-hydrogen) atoms. The van der Waals surface area contributed by atoms with Crippen LogP contribution in [0.5, 0.6) is 11.5 Å². The van der Waals surface area contributed by atoms with Gasteiger partial charge in [0, 0.05) is 11.6 Å². The lowest BCUT2D eigenvalue weighted by molar-refractivity contribution is -0.118. The van der Waals surface area contributed by atoms with Crippen LogP contribution in [0, 0.1) is 0 Å². The lowest BCUT2D eigenvalue weighted by Crippen LogP contribution is -2.27. The Kier molecular flexibility index (Phi) is 6.84. The lowest BCUT2D eigenvalue weighted by atomic mass is 10.2. The lowest BCUT2D eigenvalue weighted by Gasteiger charge is -2.13. The Balaban J connectivity index is 1.46. The van der Waals surface area contributed by atoms with Gasteiger partial charge in [0.15, 0.2) is 27.6 Å². The van der Waals surface area contributed by atoms with Gasteiger partial charge in [-0.3, -0.25) is 19.8 Å². The molecular weight excluding hydrogens is 466 g/mol. The SMILES string of the molecule is COc1cc(C=C2SC(=S)N(c3ccccc3)C2=O)ccc1OCC(=O)Nc1nccs1. The van der Waals surface area contributed by atoms with E-state index in [-0.39, 0.29) is 18.4 Å². The number of thioether (sulfide) groups is 1. The van der Waals surface area contributed by atoms with E-state index in [1.807, 2.05) is 30.3 Å². The van der Waals surface area contributed by atoms with Gasteiger partial charge in [-0.05, 0) is 35.9 Å². The predicted molar refractivity (Wildman–Crippen MR) is 131 cm³/mol. The van der Waals surface area contributed by atoms with E-state index >= 15 is 0 Å². The monoisotopic (exact) mass is 483 g/mol. The quantitative estimate of drug-likeness (QED) is 0.389. The molecule has 0 radical (unpaired) electrons. The van der Waals surface area contributed by atoms with Gasteiger partial charge in [0.05, 0.1) is 17.7 Å². The van der Waals surface area contributed by atoms with Crippen LogP contribution in [0.4, 0.5) is 10.8 Å². The molecule has 0 aliphatic carbocycles. The number of hydrogen-bond acceptors (Lipinski definition) is 8. The van der Waals surface area contributed by atoms with Gasteiger partial charge in [-0.2, -0.15) is 0 Å². The zero-order valence-corrected chi connectivity index (χ0v) is 19.3.